The molecule has 0 aliphatic heterocycles. The molecule has 0 amide bonds. The lowest BCUT2D eigenvalue weighted by Gasteiger charge is -2.03. The Morgan fingerprint density at radius 1 is 0.778 bits per heavy atom. The van der Waals surface area contributed by atoms with E-state index in [0.29, 0.717) is 10.8 Å². The van der Waals surface area contributed by atoms with E-state index in [2.05, 4.69) is 27.7 Å². The number of rotatable bonds is 0. The molecule has 52 valence electrons. The molecule has 0 heteroatoms. The Morgan fingerprint density at radius 3 is 1.00 bits per heavy atom. The summed E-state index contributed by atoms with van der Waals surface area (Å²) in [5, 5.41) is 0. The van der Waals surface area contributed by atoms with Crippen molar-refractivity contribution in [3.8, 4) is 0 Å². The fraction of sp³-hybridized carbons (Fsp3) is 1.00. The molecule has 0 aromatic heterocycles. The van der Waals surface area contributed by atoms with Crippen molar-refractivity contribution in [3.63, 3.8) is 0 Å². The highest BCUT2D eigenvalue weighted by molar-refractivity contribution is 5.27. The molecule has 0 aromatic carbocycles. The van der Waals surface area contributed by atoms with Crippen LogP contribution in [0.4, 0.5) is 0 Å². The summed E-state index contributed by atoms with van der Waals surface area (Å²) < 4.78 is 0. The fourth-order valence-corrected chi connectivity index (χ4v) is 2.88. The van der Waals surface area contributed by atoms with Gasteiger partial charge in [0.2, 0.25) is 0 Å². The summed E-state index contributed by atoms with van der Waals surface area (Å²) in [4.78, 5) is 0. The van der Waals surface area contributed by atoms with Gasteiger partial charge in [-0.05, 0) is 29.1 Å². The Labute approximate surface area is 57.6 Å². The molecule has 2 saturated carbocycles. The van der Waals surface area contributed by atoms with Crippen LogP contribution in [-0.2, 0) is 0 Å². The SMILES string of the molecule is CC1(C)CC12CC2(C)C. The van der Waals surface area contributed by atoms with Crippen molar-refractivity contribution in [2.75, 3.05) is 0 Å². The first-order chi connectivity index (χ1) is 3.91. The molecule has 0 aromatic rings. The lowest BCUT2D eigenvalue weighted by atomic mass is 10.0. The predicted molar refractivity (Wildman–Crippen MR) is 39.2 cm³/mol. The monoisotopic (exact) mass is 124 g/mol. The highest BCUT2D eigenvalue weighted by Crippen LogP contribution is 2.87. The second-order valence-corrected chi connectivity index (χ2v) is 5.20. The first kappa shape index (κ1) is 5.76. The quantitative estimate of drug-likeness (QED) is 0.466. The van der Waals surface area contributed by atoms with Crippen molar-refractivity contribution in [3.05, 3.63) is 0 Å². The molecule has 0 saturated heterocycles. The molecule has 2 aliphatic carbocycles. The third-order valence-corrected chi connectivity index (χ3v) is 3.83. The van der Waals surface area contributed by atoms with Crippen LogP contribution in [0.15, 0.2) is 0 Å². The van der Waals surface area contributed by atoms with E-state index in [9.17, 15) is 0 Å². The lowest BCUT2D eigenvalue weighted by molar-refractivity contribution is 0.451. The summed E-state index contributed by atoms with van der Waals surface area (Å²) in [5.74, 6) is 0. The van der Waals surface area contributed by atoms with Crippen LogP contribution < -0.4 is 0 Å². The molecule has 0 N–H and O–H groups in total. The molecule has 0 nitrogen and oxygen atoms in total. The van der Waals surface area contributed by atoms with Crippen LogP contribution in [-0.4, -0.2) is 0 Å². The molecule has 2 fully saturated rings. The van der Waals surface area contributed by atoms with Gasteiger partial charge >= 0.3 is 0 Å². The lowest BCUT2D eigenvalue weighted by Crippen LogP contribution is -1.96. The van der Waals surface area contributed by atoms with E-state index >= 15 is 0 Å². The van der Waals surface area contributed by atoms with E-state index in [0.717, 1.165) is 5.41 Å². The zero-order valence-electron chi connectivity index (χ0n) is 6.91. The summed E-state index contributed by atoms with van der Waals surface area (Å²) >= 11 is 0. The van der Waals surface area contributed by atoms with Gasteiger partial charge in [0.25, 0.3) is 0 Å². The van der Waals surface area contributed by atoms with Crippen LogP contribution in [0.5, 0.6) is 0 Å². The molecule has 0 heterocycles. The highest BCUT2D eigenvalue weighted by Gasteiger charge is 2.79. The fourth-order valence-electron chi connectivity index (χ4n) is 2.88. The Hall–Kier alpha value is 0. The van der Waals surface area contributed by atoms with E-state index in [4.69, 9.17) is 0 Å². The highest BCUT2D eigenvalue weighted by atomic mass is 14.8. The summed E-state index contributed by atoms with van der Waals surface area (Å²) in [7, 11) is 0. The molecular weight excluding hydrogens is 108 g/mol. The maximum Gasteiger partial charge on any atom is -0.0184 e. The van der Waals surface area contributed by atoms with Crippen LogP contribution in [0.2, 0.25) is 0 Å². The maximum absolute atomic E-state index is 2.40. The number of hydrogen-bond acceptors (Lipinski definition) is 0. The van der Waals surface area contributed by atoms with Gasteiger partial charge in [-0.25, -0.2) is 0 Å². The van der Waals surface area contributed by atoms with E-state index < -0.39 is 0 Å². The van der Waals surface area contributed by atoms with Gasteiger partial charge in [0.15, 0.2) is 0 Å². The normalized spacial score (nSPS) is 38.7. The number of hydrogen-bond donors (Lipinski definition) is 0. The van der Waals surface area contributed by atoms with Gasteiger partial charge in [-0.3, -0.25) is 0 Å². The van der Waals surface area contributed by atoms with Gasteiger partial charge in [-0.15, -0.1) is 0 Å². The third-order valence-electron chi connectivity index (χ3n) is 3.83. The first-order valence-corrected chi connectivity index (χ1v) is 3.91. The van der Waals surface area contributed by atoms with E-state index in [1.807, 2.05) is 0 Å². The van der Waals surface area contributed by atoms with Crippen molar-refractivity contribution in [1.29, 1.82) is 0 Å². The van der Waals surface area contributed by atoms with Crippen molar-refractivity contribution < 1.29 is 0 Å². The van der Waals surface area contributed by atoms with Crippen LogP contribution in [0.3, 0.4) is 0 Å². The second-order valence-electron chi connectivity index (χ2n) is 5.20. The van der Waals surface area contributed by atoms with Gasteiger partial charge in [-0.2, -0.15) is 0 Å². The Balaban J connectivity index is 2.22. The minimum absolute atomic E-state index is 0.691. The minimum Gasteiger partial charge on any atom is -0.0593 e. The van der Waals surface area contributed by atoms with Gasteiger partial charge < -0.3 is 0 Å². The predicted octanol–water partition coefficient (Wildman–Crippen LogP) is 2.83. The summed E-state index contributed by atoms with van der Waals surface area (Å²) in [6.45, 7) is 9.62. The van der Waals surface area contributed by atoms with Crippen LogP contribution in [0.1, 0.15) is 40.5 Å². The largest absolute Gasteiger partial charge is 0.0593 e. The molecule has 0 radical (unpaired) electrons. The molecule has 1 spiro atoms. The average molecular weight is 124 g/mol. The third kappa shape index (κ3) is 0.426. The Kier molecular flexibility index (Phi) is 0.627. The smallest absolute Gasteiger partial charge is 0.0184 e. The Bertz CT molecular complexity index is 143. The van der Waals surface area contributed by atoms with Crippen molar-refractivity contribution in [1.82, 2.24) is 0 Å². The van der Waals surface area contributed by atoms with Gasteiger partial charge in [0.1, 0.15) is 0 Å². The standard InChI is InChI=1S/C9H16/c1-7(2)5-9(7)6-8(9,3)4/h5-6H2,1-4H3. The van der Waals surface area contributed by atoms with Crippen molar-refractivity contribution in [2.24, 2.45) is 16.2 Å². The van der Waals surface area contributed by atoms with Crippen LogP contribution >= 0.6 is 0 Å². The zero-order valence-corrected chi connectivity index (χ0v) is 6.91. The maximum atomic E-state index is 2.40. The van der Waals surface area contributed by atoms with E-state index in [1.54, 1.807) is 0 Å². The molecule has 2 aliphatic rings. The first-order valence-electron chi connectivity index (χ1n) is 3.91. The van der Waals surface area contributed by atoms with Crippen molar-refractivity contribution >= 4 is 0 Å². The van der Waals surface area contributed by atoms with Crippen LogP contribution in [0.25, 0.3) is 0 Å². The summed E-state index contributed by atoms with van der Waals surface area (Å²) in [5.41, 5.74) is 2.17. The van der Waals surface area contributed by atoms with E-state index in [-0.39, 0.29) is 0 Å². The molecule has 0 atom stereocenters. The molecule has 0 bridgehead atoms. The average Bonchev–Trinajstić information content (AvgIpc) is 2.20. The van der Waals surface area contributed by atoms with E-state index in [1.165, 1.54) is 12.8 Å². The Morgan fingerprint density at radius 2 is 1.00 bits per heavy atom. The molecule has 0 unspecified atom stereocenters. The second kappa shape index (κ2) is 0.980. The van der Waals surface area contributed by atoms with Crippen molar-refractivity contribution in [2.45, 2.75) is 40.5 Å². The van der Waals surface area contributed by atoms with Crippen LogP contribution in [0, 0.1) is 16.2 Å². The zero-order chi connectivity index (χ0) is 6.91. The van der Waals surface area contributed by atoms with Gasteiger partial charge in [-0.1, -0.05) is 27.7 Å². The summed E-state index contributed by atoms with van der Waals surface area (Å²) in [6.07, 6.45) is 2.96. The summed E-state index contributed by atoms with van der Waals surface area (Å²) in [6, 6.07) is 0. The molecule has 2 rings (SSSR count). The van der Waals surface area contributed by atoms with Gasteiger partial charge in [0.05, 0.1) is 0 Å². The van der Waals surface area contributed by atoms with Gasteiger partial charge in [0, 0.05) is 0 Å². The topological polar surface area (TPSA) is 0 Å². The molecule has 9 heavy (non-hydrogen) atoms. The molecular formula is C9H16. The minimum atomic E-state index is 0.691.